The SMILES string of the molecule is CN1CCC(N(C)C2CCCCC2N(C)S(=O)(=O)C2COC2)CC1. The molecule has 0 amide bonds. The molecule has 0 aromatic carbocycles. The molecule has 0 aromatic rings. The number of likely N-dealkylation sites (N-methyl/N-ethyl adjacent to an activating group) is 2. The Hall–Kier alpha value is -0.210. The molecule has 6 nitrogen and oxygen atoms in total. The van der Waals surface area contributed by atoms with Gasteiger partial charge >= 0.3 is 0 Å². The van der Waals surface area contributed by atoms with Gasteiger partial charge in [-0.25, -0.2) is 8.42 Å². The van der Waals surface area contributed by atoms with E-state index in [0.29, 0.717) is 25.3 Å². The molecule has 0 aromatic heterocycles. The molecule has 2 saturated heterocycles. The molecule has 3 rings (SSSR count). The molecular formula is C17H33N3O3S. The lowest BCUT2D eigenvalue weighted by Crippen LogP contribution is -2.59. The summed E-state index contributed by atoms with van der Waals surface area (Å²) in [6.07, 6.45) is 6.79. The zero-order chi connectivity index (χ0) is 17.3. The molecule has 2 atom stereocenters. The lowest BCUT2D eigenvalue weighted by molar-refractivity contribution is 0.0326. The summed E-state index contributed by atoms with van der Waals surface area (Å²) >= 11 is 0. The number of hydrogen-bond donors (Lipinski definition) is 0. The van der Waals surface area contributed by atoms with Crippen LogP contribution in [0.3, 0.4) is 0 Å². The van der Waals surface area contributed by atoms with Crippen molar-refractivity contribution in [2.24, 2.45) is 0 Å². The maximum Gasteiger partial charge on any atom is 0.221 e. The van der Waals surface area contributed by atoms with Crippen molar-refractivity contribution in [2.45, 2.75) is 61.9 Å². The Labute approximate surface area is 147 Å². The van der Waals surface area contributed by atoms with Gasteiger partial charge in [-0.15, -0.1) is 0 Å². The average Bonchev–Trinajstić information content (AvgIpc) is 2.52. The van der Waals surface area contributed by atoms with Crippen molar-refractivity contribution in [3.8, 4) is 0 Å². The van der Waals surface area contributed by atoms with Gasteiger partial charge in [0, 0.05) is 25.2 Å². The lowest BCUT2D eigenvalue weighted by atomic mass is 9.87. The minimum atomic E-state index is -3.23. The summed E-state index contributed by atoms with van der Waals surface area (Å²) in [5.41, 5.74) is 0. The fraction of sp³-hybridized carbons (Fsp3) is 1.00. The molecule has 2 unspecified atom stereocenters. The monoisotopic (exact) mass is 359 g/mol. The third-order valence-electron chi connectivity index (χ3n) is 6.38. The first-order valence-corrected chi connectivity index (χ1v) is 10.9. The standard InChI is InChI=1S/C17H33N3O3S/c1-18-10-8-14(9-11-18)19(2)16-6-4-5-7-17(16)20(3)24(21,22)15-12-23-13-15/h14-17H,4-13H2,1-3H3. The minimum Gasteiger partial charge on any atom is -0.378 e. The molecule has 2 aliphatic heterocycles. The molecule has 1 aliphatic carbocycles. The number of likely N-dealkylation sites (tertiary alicyclic amines) is 1. The van der Waals surface area contributed by atoms with Crippen molar-refractivity contribution < 1.29 is 13.2 Å². The largest absolute Gasteiger partial charge is 0.378 e. The molecule has 24 heavy (non-hydrogen) atoms. The lowest BCUT2D eigenvalue weighted by Gasteiger charge is -2.47. The molecule has 0 N–H and O–H groups in total. The second-order valence-corrected chi connectivity index (χ2v) is 10.1. The van der Waals surface area contributed by atoms with Crippen LogP contribution in [-0.2, 0) is 14.8 Å². The van der Waals surface area contributed by atoms with E-state index >= 15 is 0 Å². The quantitative estimate of drug-likeness (QED) is 0.733. The highest BCUT2D eigenvalue weighted by Gasteiger charge is 2.43. The van der Waals surface area contributed by atoms with Crippen molar-refractivity contribution in [1.29, 1.82) is 0 Å². The highest BCUT2D eigenvalue weighted by atomic mass is 32.2. The summed E-state index contributed by atoms with van der Waals surface area (Å²) in [6, 6.07) is 1.02. The minimum absolute atomic E-state index is 0.106. The smallest absolute Gasteiger partial charge is 0.221 e. The van der Waals surface area contributed by atoms with Crippen LogP contribution in [-0.4, -0.2) is 93.3 Å². The van der Waals surface area contributed by atoms with Gasteiger partial charge in [-0.2, -0.15) is 4.31 Å². The van der Waals surface area contributed by atoms with Crippen molar-refractivity contribution in [1.82, 2.24) is 14.1 Å². The predicted octanol–water partition coefficient (Wildman–Crippen LogP) is 0.984. The number of sulfonamides is 1. The predicted molar refractivity (Wildman–Crippen MR) is 95.6 cm³/mol. The van der Waals surface area contributed by atoms with E-state index in [-0.39, 0.29) is 11.3 Å². The number of ether oxygens (including phenoxy) is 1. The second-order valence-electron chi connectivity index (χ2n) is 7.84. The average molecular weight is 360 g/mol. The fourth-order valence-electron chi connectivity index (χ4n) is 4.47. The van der Waals surface area contributed by atoms with Gasteiger partial charge in [-0.1, -0.05) is 12.8 Å². The second kappa shape index (κ2) is 7.58. The summed E-state index contributed by atoms with van der Waals surface area (Å²) < 4.78 is 32.4. The van der Waals surface area contributed by atoms with Gasteiger partial charge in [0.1, 0.15) is 5.25 Å². The van der Waals surface area contributed by atoms with E-state index in [2.05, 4.69) is 23.9 Å². The highest BCUT2D eigenvalue weighted by molar-refractivity contribution is 7.89. The van der Waals surface area contributed by atoms with E-state index in [0.717, 1.165) is 32.4 Å². The first-order chi connectivity index (χ1) is 11.4. The van der Waals surface area contributed by atoms with Crippen molar-refractivity contribution in [3.05, 3.63) is 0 Å². The highest BCUT2D eigenvalue weighted by Crippen LogP contribution is 2.32. The van der Waals surface area contributed by atoms with E-state index in [4.69, 9.17) is 4.74 Å². The molecule has 0 bridgehead atoms. The van der Waals surface area contributed by atoms with Gasteiger partial charge in [-0.3, -0.25) is 4.90 Å². The normalized spacial score (nSPS) is 31.5. The van der Waals surface area contributed by atoms with E-state index in [1.807, 2.05) is 0 Å². The van der Waals surface area contributed by atoms with Gasteiger partial charge in [0.05, 0.1) is 13.2 Å². The van der Waals surface area contributed by atoms with Crippen LogP contribution < -0.4 is 0 Å². The van der Waals surface area contributed by atoms with Crippen molar-refractivity contribution in [3.63, 3.8) is 0 Å². The van der Waals surface area contributed by atoms with Crippen LogP contribution in [0.5, 0.6) is 0 Å². The summed E-state index contributed by atoms with van der Waals surface area (Å²) in [7, 11) is 2.95. The summed E-state index contributed by atoms with van der Waals surface area (Å²) in [6.45, 7) is 2.99. The Morgan fingerprint density at radius 1 is 0.958 bits per heavy atom. The van der Waals surface area contributed by atoms with Crippen molar-refractivity contribution in [2.75, 3.05) is 47.4 Å². The van der Waals surface area contributed by atoms with E-state index in [1.165, 1.54) is 19.3 Å². The summed E-state index contributed by atoms with van der Waals surface area (Å²) in [5, 5.41) is -0.335. The zero-order valence-corrected chi connectivity index (χ0v) is 16.2. The molecule has 3 aliphatic rings. The van der Waals surface area contributed by atoms with Gasteiger partial charge in [0.2, 0.25) is 10.0 Å². The first kappa shape index (κ1) is 18.6. The van der Waals surface area contributed by atoms with Crippen LogP contribution in [0.25, 0.3) is 0 Å². The van der Waals surface area contributed by atoms with Gasteiger partial charge in [0.15, 0.2) is 0 Å². The van der Waals surface area contributed by atoms with E-state index in [1.54, 1.807) is 11.4 Å². The van der Waals surface area contributed by atoms with Crippen LogP contribution in [0.15, 0.2) is 0 Å². The van der Waals surface area contributed by atoms with Gasteiger partial charge in [-0.05, 0) is 52.9 Å². The van der Waals surface area contributed by atoms with E-state index in [9.17, 15) is 8.42 Å². The molecule has 140 valence electrons. The summed E-state index contributed by atoms with van der Waals surface area (Å²) in [4.78, 5) is 4.88. The Kier molecular flexibility index (Phi) is 5.87. The molecule has 0 spiro atoms. The maximum absolute atomic E-state index is 12.8. The molecule has 7 heteroatoms. The molecule has 2 heterocycles. The summed E-state index contributed by atoms with van der Waals surface area (Å²) in [5.74, 6) is 0. The molecular weight excluding hydrogens is 326 g/mol. The van der Waals surface area contributed by atoms with Crippen LogP contribution in [0, 0.1) is 0 Å². The Balaban J connectivity index is 1.70. The Morgan fingerprint density at radius 2 is 1.54 bits per heavy atom. The Bertz CT molecular complexity index is 515. The third-order valence-corrected chi connectivity index (χ3v) is 8.57. The molecule has 0 radical (unpaired) electrons. The fourth-order valence-corrected chi connectivity index (χ4v) is 6.10. The third kappa shape index (κ3) is 3.65. The van der Waals surface area contributed by atoms with Crippen LogP contribution >= 0.6 is 0 Å². The Morgan fingerprint density at radius 3 is 2.08 bits per heavy atom. The first-order valence-electron chi connectivity index (χ1n) is 9.36. The molecule has 3 fully saturated rings. The van der Waals surface area contributed by atoms with Gasteiger partial charge < -0.3 is 9.64 Å². The topological polar surface area (TPSA) is 53.1 Å². The number of hydrogen-bond acceptors (Lipinski definition) is 5. The van der Waals surface area contributed by atoms with Crippen LogP contribution in [0.1, 0.15) is 38.5 Å². The number of rotatable bonds is 5. The van der Waals surface area contributed by atoms with Crippen LogP contribution in [0.4, 0.5) is 0 Å². The molecule has 1 saturated carbocycles. The number of nitrogens with zero attached hydrogens (tertiary/aromatic N) is 3. The zero-order valence-electron chi connectivity index (χ0n) is 15.4. The number of piperidine rings is 1. The van der Waals surface area contributed by atoms with Gasteiger partial charge in [0.25, 0.3) is 0 Å². The maximum atomic E-state index is 12.8. The van der Waals surface area contributed by atoms with E-state index < -0.39 is 10.0 Å². The van der Waals surface area contributed by atoms with Crippen LogP contribution in [0.2, 0.25) is 0 Å². The van der Waals surface area contributed by atoms with Crippen molar-refractivity contribution >= 4 is 10.0 Å².